The average molecular weight is 497 g/mol. The van der Waals surface area contributed by atoms with Gasteiger partial charge in [-0.25, -0.2) is 19.3 Å². The number of halogens is 1. The van der Waals surface area contributed by atoms with Crippen molar-refractivity contribution in [3.05, 3.63) is 61.0 Å². The van der Waals surface area contributed by atoms with Gasteiger partial charge in [-0.2, -0.15) is 5.10 Å². The van der Waals surface area contributed by atoms with Crippen molar-refractivity contribution in [1.29, 1.82) is 0 Å². The average Bonchev–Trinajstić information content (AvgIpc) is 3.62. The van der Waals surface area contributed by atoms with Crippen LogP contribution in [0.1, 0.15) is 25.5 Å². The zero-order chi connectivity index (χ0) is 25.5. The number of fused-ring (bicyclic) bond motifs is 2. The number of aryl methyl sites for hydroxylation is 1. The molecule has 0 bridgehead atoms. The van der Waals surface area contributed by atoms with Crippen molar-refractivity contribution >= 4 is 33.7 Å². The van der Waals surface area contributed by atoms with Gasteiger partial charge in [0.2, 0.25) is 5.91 Å². The second kappa shape index (κ2) is 8.90. The number of rotatable bonds is 6. The topological polar surface area (TPSA) is 143 Å². The van der Waals surface area contributed by atoms with Crippen LogP contribution in [0.3, 0.4) is 0 Å². The number of hydrogen-bond acceptors (Lipinski definition) is 7. The molecule has 37 heavy (non-hydrogen) atoms. The Balaban J connectivity index is 1.44. The first-order chi connectivity index (χ1) is 18.0. The van der Waals surface area contributed by atoms with E-state index in [0.29, 0.717) is 45.9 Å². The number of amides is 1. The third-order valence-electron chi connectivity index (χ3n) is 5.89. The minimum atomic E-state index is -0.584. The third kappa shape index (κ3) is 3.97. The molecular weight excluding hydrogens is 475 g/mol. The fraction of sp³-hybridized carbons (Fsp3) is 0.160. The van der Waals surface area contributed by atoms with E-state index >= 15 is 4.39 Å². The first-order valence-electron chi connectivity index (χ1n) is 11.7. The Bertz CT molecular complexity index is 1780. The van der Waals surface area contributed by atoms with E-state index in [1.54, 1.807) is 18.6 Å². The van der Waals surface area contributed by atoms with Crippen LogP contribution in [-0.2, 0) is 4.79 Å². The number of H-pyrrole nitrogens is 2. The Labute approximate surface area is 209 Å². The second-order valence-corrected chi connectivity index (χ2v) is 8.58. The molecular formula is C25H21FN10O. The molecule has 0 fully saturated rings. The van der Waals surface area contributed by atoms with E-state index in [-0.39, 0.29) is 17.0 Å². The smallest absolute Gasteiger partial charge is 0.224 e. The van der Waals surface area contributed by atoms with Crippen LogP contribution in [-0.4, -0.2) is 50.6 Å². The monoisotopic (exact) mass is 496 g/mol. The number of pyridine rings is 3. The Kier molecular flexibility index (Phi) is 5.40. The number of imidazole rings is 2. The van der Waals surface area contributed by atoms with Crippen molar-refractivity contribution in [3.8, 4) is 28.5 Å². The predicted molar refractivity (Wildman–Crippen MR) is 135 cm³/mol. The van der Waals surface area contributed by atoms with Gasteiger partial charge in [0.05, 0.1) is 46.7 Å². The molecule has 1 amide bonds. The van der Waals surface area contributed by atoms with Gasteiger partial charge in [0.15, 0.2) is 17.3 Å². The molecule has 184 valence electrons. The summed E-state index contributed by atoms with van der Waals surface area (Å²) in [7, 11) is 0. The SMILES string of the molecule is CCCC(=O)Nc1cncc(-c2ncc3[nH]nc(-c4nc5c(-n6cnc(C)c6)ccnc5[nH]4)c3c2F)c1. The van der Waals surface area contributed by atoms with Crippen molar-refractivity contribution in [2.75, 3.05) is 5.32 Å². The normalized spacial score (nSPS) is 11.4. The number of anilines is 1. The molecule has 12 heteroatoms. The Morgan fingerprint density at radius 3 is 2.86 bits per heavy atom. The van der Waals surface area contributed by atoms with E-state index in [2.05, 4.69) is 40.4 Å². The molecule has 0 aliphatic heterocycles. The summed E-state index contributed by atoms with van der Waals surface area (Å²) in [6.45, 7) is 3.82. The first kappa shape index (κ1) is 22.5. The molecule has 6 rings (SSSR count). The summed E-state index contributed by atoms with van der Waals surface area (Å²) in [5, 5.41) is 10.2. The van der Waals surface area contributed by atoms with Crippen LogP contribution in [0.25, 0.3) is 50.5 Å². The molecule has 6 heterocycles. The summed E-state index contributed by atoms with van der Waals surface area (Å²) >= 11 is 0. The highest BCUT2D eigenvalue weighted by atomic mass is 19.1. The lowest BCUT2D eigenvalue weighted by Gasteiger charge is -2.07. The van der Waals surface area contributed by atoms with Crippen molar-refractivity contribution in [2.24, 2.45) is 0 Å². The Morgan fingerprint density at radius 1 is 1.16 bits per heavy atom. The maximum atomic E-state index is 15.9. The highest BCUT2D eigenvalue weighted by Gasteiger charge is 2.22. The zero-order valence-corrected chi connectivity index (χ0v) is 19.9. The van der Waals surface area contributed by atoms with Gasteiger partial charge >= 0.3 is 0 Å². The van der Waals surface area contributed by atoms with Gasteiger partial charge in [0.25, 0.3) is 0 Å². The molecule has 0 aliphatic carbocycles. The summed E-state index contributed by atoms with van der Waals surface area (Å²) in [5.41, 5.74) is 4.45. The third-order valence-corrected chi connectivity index (χ3v) is 5.89. The largest absolute Gasteiger partial charge is 0.325 e. The van der Waals surface area contributed by atoms with Gasteiger partial charge < -0.3 is 14.9 Å². The molecule has 0 aliphatic rings. The summed E-state index contributed by atoms with van der Waals surface area (Å²) in [4.78, 5) is 37.0. The fourth-order valence-electron chi connectivity index (χ4n) is 4.21. The van der Waals surface area contributed by atoms with Crippen LogP contribution in [0.2, 0.25) is 0 Å². The maximum Gasteiger partial charge on any atom is 0.224 e. The molecule has 0 saturated carbocycles. The van der Waals surface area contributed by atoms with Gasteiger partial charge in [-0.05, 0) is 25.5 Å². The van der Waals surface area contributed by atoms with Crippen molar-refractivity contribution in [2.45, 2.75) is 26.7 Å². The molecule has 0 aromatic carbocycles. The molecule has 0 radical (unpaired) electrons. The maximum absolute atomic E-state index is 15.9. The van der Waals surface area contributed by atoms with Crippen molar-refractivity contribution in [1.82, 2.24) is 44.7 Å². The molecule has 3 N–H and O–H groups in total. The predicted octanol–water partition coefficient (Wildman–Crippen LogP) is 4.33. The molecule has 0 atom stereocenters. The molecule has 6 aromatic rings. The van der Waals surface area contributed by atoms with E-state index in [1.807, 2.05) is 30.7 Å². The van der Waals surface area contributed by atoms with Crippen LogP contribution in [0.5, 0.6) is 0 Å². The van der Waals surface area contributed by atoms with Crippen LogP contribution in [0, 0.1) is 12.7 Å². The molecule has 0 unspecified atom stereocenters. The summed E-state index contributed by atoms with van der Waals surface area (Å²) in [5.74, 6) is -0.363. The lowest BCUT2D eigenvalue weighted by atomic mass is 10.1. The number of aromatic amines is 2. The fourth-order valence-corrected chi connectivity index (χ4v) is 4.21. The number of carbonyl (C=O) groups excluding carboxylic acids is 1. The number of nitrogens with one attached hydrogen (secondary N) is 3. The summed E-state index contributed by atoms with van der Waals surface area (Å²) < 4.78 is 17.8. The van der Waals surface area contributed by atoms with Gasteiger partial charge in [-0.3, -0.25) is 19.9 Å². The first-order valence-corrected chi connectivity index (χ1v) is 11.7. The van der Waals surface area contributed by atoms with Gasteiger partial charge in [-0.15, -0.1) is 0 Å². The van der Waals surface area contributed by atoms with Crippen LogP contribution in [0.4, 0.5) is 10.1 Å². The second-order valence-electron chi connectivity index (χ2n) is 8.58. The zero-order valence-electron chi connectivity index (χ0n) is 19.9. The Hall–Kier alpha value is -5.00. The number of nitrogens with zero attached hydrogens (tertiary/aromatic N) is 7. The lowest BCUT2D eigenvalue weighted by molar-refractivity contribution is -0.116. The van der Waals surface area contributed by atoms with Gasteiger partial charge in [-0.1, -0.05) is 6.92 Å². The summed E-state index contributed by atoms with van der Waals surface area (Å²) in [6, 6.07) is 3.47. The molecule has 0 spiro atoms. The van der Waals surface area contributed by atoms with E-state index in [4.69, 9.17) is 4.98 Å². The van der Waals surface area contributed by atoms with E-state index in [9.17, 15) is 4.79 Å². The minimum Gasteiger partial charge on any atom is -0.325 e. The standard InChI is InChI=1S/C25H21FN10O/c1-3-4-18(37)31-15-7-14(8-27-9-15)21-20(26)19-16(10-29-21)34-35-23(19)25-32-22-17(5-6-28-24(22)33-25)36-11-13(2)30-12-36/h5-12H,3-4H2,1-2H3,(H,31,37)(H,34,35)(H,28,32,33). The van der Waals surface area contributed by atoms with Crippen LogP contribution in [0.15, 0.2) is 49.4 Å². The molecule has 11 nitrogen and oxygen atoms in total. The van der Waals surface area contributed by atoms with E-state index in [1.165, 1.54) is 18.6 Å². The van der Waals surface area contributed by atoms with E-state index < -0.39 is 5.82 Å². The van der Waals surface area contributed by atoms with Crippen molar-refractivity contribution < 1.29 is 9.18 Å². The number of hydrogen-bond donors (Lipinski definition) is 3. The lowest BCUT2D eigenvalue weighted by Crippen LogP contribution is -2.10. The van der Waals surface area contributed by atoms with Gasteiger partial charge in [0, 0.05) is 30.6 Å². The quantitative estimate of drug-likeness (QED) is 0.311. The van der Waals surface area contributed by atoms with Crippen molar-refractivity contribution in [3.63, 3.8) is 0 Å². The Morgan fingerprint density at radius 2 is 2.05 bits per heavy atom. The highest BCUT2D eigenvalue weighted by molar-refractivity contribution is 5.96. The number of aromatic nitrogens is 9. The van der Waals surface area contributed by atoms with Crippen LogP contribution < -0.4 is 5.32 Å². The highest BCUT2D eigenvalue weighted by Crippen LogP contribution is 2.33. The van der Waals surface area contributed by atoms with E-state index in [0.717, 1.165) is 17.8 Å². The minimum absolute atomic E-state index is 0.0815. The molecule has 6 aromatic heterocycles. The number of carbonyl (C=O) groups is 1. The van der Waals surface area contributed by atoms with Crippen LogP contribution >= 0.6 is 0 Å². The van der Waals surface area contributed by atoms with Gasteiger partial charge in [0.1, 0.15) is 16.9 Å². The summed E-state index contributed by atoms with van der Waals surface area (Å²) in [6.07, 6.45) is 10.9. The molecule has 0 saturated heterocycles.